The Morgan fingerprint density at radius 1 is 1.08 bits per heavy atom. The van der Waals surface area contributed by atoms with Gasteiger partial charge in [-0.25, -0.2) is 10.1 Å². The summed E-state index contributed by atoms with van der Waals surface area (Å²) in [5.74, 6) is -0.308. The molecule has 135 valence electrons. The molecule has 1 aliphatic rings. The summed E-state index contributed by atoms with van der Waals surface area (Å²) in [4.78, 5) is 26.3. The van der Waals surface area contributed by atoms with E-state index in [0.29, 0.717) is 26.2 Å². The molecule has 6 nitrogen and oxygen atoms in total. The molecule has 1 heterocycles. The van der Waals surface area contributed by atoms with Gasteiger partial charge >= 0.3 is 6.09 Å². The fraction of sp³-hybridized carbons (Fsp3) is 0.300. The molecule has 0 saturated carbocycles. The SMILES string of the molecule is O=C(N[C@H]1CN(Cc2ccccc2)CC[N]C1=O)OCc1ccccc1. The Hall–Kier alpha value is -2.86. The molecule has 26 heavy (non-hydrogen) atoms. The summed E-state index contributed by atoms with van der Waals surface area (Å²) in [5, 5.41) is 6.67. The molecule has 1 N–H and O–H groups in total. The molecule has 1 atom stereocenters. The number of hydrogen-bond donors (Lipinski definition) is 1. The number of ether oxygens (including phenoxy) is 1. The van der Waals surface area contributed by atoms with Gasteiger partial charge in [0.15, 0.2) is 0 Å². The number of alkyl carbamates (subject to hydrolysis) is 1. The van der Waals surface area contributed by atoms with E-state index in [-0.39, 0.29) is 12.5 Å². The highest BCUT2D eigenvalue weighted by Crippen LogP contribution is 2.08. The number of nitrogens with zero attached hydrogens (tertiary/aromatic N) is 2. The minimum absolute atomic E-state index is 0.165. The zero-order chi connectivity index (χ0) is 18.2. The van der Waals surface area contributed by atoms with E-state index >= 15 is 0 Å². The van der Waals surface area contributed by atoms with Crippen molar-refractivity contribution in [2.45, 2.75) is 19.2 Å². The number of nitrogens with one attached hydrogen (secondary N) is 1. The van der Waals surface area contributed by atoms with Crippen molar-refractivity contribution in [3.8, 4) is 0 Å². The molecular weight excluding hydrogens is 330 g/mol. The number of amides is 2. The van der Waals surface area contributed by atoms with Gasteiger partial charge in [0.1, 0.15) is 12.6 Å². The van der Waals surface area contributed by atoms with Crippen LogP contribution in [0.5, 0.6) is 0 Å². The van der Waals surface area contributed by atoms with Crippen LogP contribution in [0.25, 0.3) is 0 Å². The summed E-state index contributed by atoms with van der Waals surface area (Å²) in [7, 11) is 0. The first-order valence-electron chi connectivity index (χ1n) is 8.65. The molecule has 0 spiro atoms. The first-order chi connectivity index (χ1) is 12.7. The average molecular weight is 352 g/mol. The average Bonchev–Trinajstić information content (AvgIpc) is 2.83. The Bertz CT molecular complexity index is 722. The molecular formula is C20H22N3O3. The van der Waals surface area contributed by atoms with Crippen LogP contribution in [0, 0.1) is 0 Å². The number of hydrogen-bond acceptors (Lipinski definition) is 4. The van der Waals surface area contributed by atoms with E-state index in [4.69, 9.17) is 4.74 Å². The topological polar surface area (TPSA) is 72.7 Å². The van der Waals surface area contributed by atoms with Gasteiger partial charge in [0.05, 0.1) is 6.54 Å². The van der Waals surface area contributed by atoms with E-state index in [0.717, 1.165) is 11.1 Å². The third kappa shape index (κ3) is 5.32. The van der Waals surface area contributed by atoms with Gasteiger partial charge in [-0.2, -0.15) is 0 Å². The fourth-order valence-corrected chi connectivity index (χ4v) is 2.84. The van der Waals surface area contributed by atoms with Crippen molar-refractivity contribution in [1.29, 1.82) is 0 Å². The zero-order valence-corrected chi connectivity index (χ0v) is 14.5. The number of carbonyl (C=O) groups excluding carboxylic acids is 2. The Balaban J connectivity index is 1.54. The fourth-order valence-electron chi connectivity index (χ4n) is 2.84. The van der Waals surface area contributed by atoms with Gasteiger partial charge < -0.3 is 10.1 Å². The van der Waals surface area contributed by atoms with Crippen molar-refractivity contribution in [3.63, 3.8) is 0 Å². The van der Waals surface area contributed by atoms with Crippen molar-refractivity contribution in [2.24, 2.45) is 0 Å². The van der Waals surface area contributed by atoms with E-state index in [2.05, 4.69) is 15.5 Å². The van der Waals surface area contributed by atoms with Gasteiger partial charge in [0, 0.05) is 19.6 Å². The lowest BCUT2D eigenvalue weighted by Crippen LogP contribution is -2.48. The van der Waals surface area contributed by atoms with Crippen LogP contribution in [0.2, 0.25) is 0 Å². The number of benzene rings is 2. The molecule has 6 heteroatoms. The molecule has 1 fully saturated rings. The van der Waals surface area contributed by atoms with Crippen LogP contribution in [0.1, 0.15) is 11.1 Å². The second-order valence-corrected chi connectivity index (χ2v) is 6.20. The van der Waals surface area contributed by atoms with E-state index in [1.807, 2.05) is 60.7 Å². The Kier molecular flexibility index (Phi) is 6.22. The smallest absolute Gasteiger partial charge is 0.408 e. The second kappa shape index (κ2) is 9.01. The first-order valence-corrected chi connectivity index (χ1v) is 8.65. The third-order valence-electron chi connectivity index (χ3n) is 4.18. The summed E-state index contributed by atoms with van der Waals surface area (Å²) in [6.45, 7) is 2.40. The van der Waals surface area contributed by atoms with E-state index in [1.165, 1.54) is 0 Å². The summed E-state index contributed by atoms with van der Waals surface area (Å²) in [5.41, 5.74) is 2.05. The molecule has 2 aromatic rings. The van der Waals surface area contributed by atoms with Gasteiger partial charge in [-0.3, -0.25) is 9.69 Å². The van der Waals surface area contributed by atoms with Gasteiger partial charge in [-0.15, -0.1) is 0 Å². The third-order valence-corrected chi connectivity index (χ3v) is 4.18. The highest BCUT2D eigenvalue weighted by atomic mass is 16.5. The van der Waals surface area contributed by atoms with Crippen LogP contribution in [0.3, 0.4) is 0 Å². The van der Waals surface area contributed by atoms with Crippen LogP contribution in [-0.2, 0) is 22.7 Å². The Morgan fingerprint density at radius 2 is 1.73 bits per heavy atom. The van der Waals surface area contributed by atoms with Crippen molar-refractivity contribution in [1.82, 2.24) is 15.5 Å². The lowest BCUT2D eigenvalue weighted by Gasteiger charge is -2.23. The monoisotopic (exact) mass is 352 g/mol. The lowest BCUT2D eigenvalue weighted by molar-refractivity contribution is -0.123. The van der Waals surface area contributed by atoms with Crippen LogP contribution in [0.15, 0.2) is 60.7 Å². The predicted molar refractivity (Wildman–Crippen MR) is 97.3 cm³/mol. The van der Waals surface area contributed by atoms with Gasteiger partial charge in [0.25, 0.3) is 5.91 Å². The minimum Gasteiger partial charge on any atom is -0.445 e. The molecule has 1 aliphatic heterocycles. The Morgan fingerprint density at radius 3 is 2.42 bits per heavy atom. The van der Waals surface area contributed by atoms with E-state index in [9.17, 15) is 9.59 Å². The lowest BCUT2D eigenvalue weighted by atomic mass is 10.2. The van der Waals surface area contributed by atoms with Gasteiger partial charge in [-0.1, -0.05) is 60.7 Å². The molecule has 2 amide bonds. The van der Waals surface area contributed by atoms with Crippen LogP contribution in [-0.4, -0.2) is 42.6 Å². The maximum atomic E-state index is 12.2. The second-order valence-electron chi connectivity index (χ2n) is 6.20. The summed E-state index contributed by atoms with van der Waals surface area (Å²) < 4.78 is 5.21. The van der Waals surface area contributed by atoms with Crippen LogP contribution in [0.4, 0.5) is 4.79 Å². The molecule has 0 aromatic heterocycles. The van der Waals surface area contributed by atoms with Crippen molar-refractivity contribution in [3.05, 3.63) is 71.8 Å². The van der Waals surface area contributed by atoms with Crippen molar-refractivity contribution >= 4 is 12.0 Å². The highest BCUT2D eigenvalue weighted by Gasteiger charge is 2.28. The molecule has 0 aliphatic carbocycles. The van der Waals surface area contributed by atoms with Crippen molar-refractivity contribution < 1.29 is 14.3 Å². The number of rotatable bonds is 5. The molecule has 0 bridgehead atoms. The molecule has 2 aromatic carbocycles. The maximum absolute atomic E-state index is 12.2. The molecule has 0 unspecified atom stereocenters. The quantitative estimate of drug-likeness (QED) is 0.892. The highest BCUT2D eigenvalue weighted by molar-refractivity contribution is 5.85. The van der Waals surface area contributed by atoms with Crippen LogP contribution < -0.4 is 10.6 Å². The minimum atomic E-state index is -0.690. The first kappa shape index (κ1) is 17.9. The van der Waals surface area contributed by atoms with Crippen molar-refractivity contribution in [2.75, 3.05) is 19.6 Å². The normalized spacial score (nSPS) is 17.8. The van der Waals surface area contributed by atoms with Gasteiger partial charge in [-0.05, 0) is 11.1 Å². The summed E-state index contributed by atoms with van der Waals surface area (Å²) >= 11 is 0. The van der Waals surface area contributed by atoms with E-state index < -0.39 is 12.1 Å². The largest absolute Gasteiger partial charge is 0.445 e. The predicted octanol–water partition coefficient (Wildman–Crippen LogP) is 1.93. The summed E-state index contributed by atoms with van der Waals surface area (Å²) in [6, 6.07) is 18.7. The molecule has 1 saturated heterocycles. The van der Waals surface area contributed by atoms with Gasteiger partial charge in [0.2, 0.25) is 0 Å². The molecule has 1 radical (unpaired) electrons. The standard InChI is InChI=1S/C20H22N3O3/c24-19-18(22-20(25)26-15-17-9-5-2-6-10-17)14-23(12-11-21-19)13-16-7-3-1-4-8-16/h1-10,18H,11-15H2,(H,22,25)/t18-/m0/s1. The zero-order valence-electron chi connectivity index (χ0n) is 14.5. The number of carbonyl (C=O) groups is 2. The summed E-state index contributed by atoms with van der Waals surface area (Å²) in [6.07, 6.45) is -0.607. The van der Waals surface area contributed by atoms with E-state index in [1.54, 1.807) is 0 Å². The van der Waals surface area contributed by atoms with Crippen LogP contribution >= 0.6 is 0 Å². The Labute approximate surface area is 153 Å². The molecule has 3 rings (SSSR count). The maximum Gasteiger partial charge on any atom is 0.408 e.